The summed E-state index contributed by atoms with van der Waals surface area (Å²) in [4.78, 5) is 4.39. The molecule has 0 aliphatic carbocycles. The predicted molar refractivity (Wildman–Crippen MR) is 59.5 cm³/mol. The van der Waals surface area contributed by atoms with Crippen LogP contribution in [0, 0.1) is 6.92 Å². The highest BCUT2D eigenvalue weighted by atomic mass is 32.2. The van der Waals surface area contributed by atoms with E-state index in [1.54, 1.807) is 18.4 Å². The van der Waals surface area contributed by atoms with E-state index >= 15 is 0 Å². The zero-order chi connectivity index (χ0) is 9.52. The molecular weight excluding hydrogens is 202 g/mol. The van der Waals surface area contributed by atoms with Gasteiger partial charge in [-0.1, -0.05) is 0 Å². The fraction of sp³-hybridized carbons (Fsp3) is 0.667. The van der Waals surface area contributed by atoms with E-state index in [1.807, 2.05) is 18.7 Å². The molecule has 0 saturated carbocycles. The molecule has 1 rings (SSSR count). The minimum absolute atomic E-state index is 0.865. The molecule has 0 spiro atoms. The van der Waals surface area contributed by atoms with Gasteiger partial charge in [0.15, 0.2) is 0 Å². The van der Waals surface area contributed by atoms with Crippen LogP contribution in [0.2, 0.25) is 0 Å². The van der Waals surface area contributed by atoms with Crippen LogP contribution in [0.3, 0.4) is 0 Å². The van der Waals surface area contributed by atoms with Crippen molar-refractivity contribution in [3.63, 3.8) is 0 Å². The molecule has 4 heteroatoms. The maximum Gasteiger partial charge on any atom is 0.103 e. The molecule has 1 aromatic rings. The van der Waals surface area contributed by atoms with Gasteiger partial charge >= 0.3 is 0 Å². The van der Waals surface area contributed by atoms with Gasteiger partial charge in [-0.3, -0.25) is 0 Å². The third-order valence-electron chi connectivity index (χ3n) is 1.53. The lowest BCUT2D eigenvalue weighted by molar-refractivity contribution is 0.200. The highest BCUT2D eigenvalue weighted by molar-refractivity contribution is 7.98. The second kappa shape index (κ2) is 6.40. The zero-order valence-electron chi connectivity index (χ0n) is 8.08. The Morgan fingerprint density at radius 3 is 3.08 bits per heavy atom. The van der Waals surface area contributed by atoms with Crippen molar-refractivity contribution in [1.82, 2.24) is 4.98 Å². The molecule has 1 heterocycles. The lowest BCUT2D eigenvalue weighted by atomic mass is 10.5. The van der Waals surface area contributed by atoms with E-state index in [9.17, 15) is 0 Å². The topological polar surface area (TPSA) is 22.1 Å². The second-order valence-electron chi connectivity index (χ2n) is 2.78. The molecule has 74 valence electrons. The lowest BCUT2D eigenvalue weighted by Crippen LogP contribution is -1.90. The van der Waals surface area contributed by atoms with Crippen LogP contribution in [0.5, 0.6) is 0 Å². The van der Waals surface area contributed by atoms with Gasteiger partial charge in [0.25, 0.3) is 0 Å². The Morgan fingerprint density at radius 1 is 1.62 bits per heavy atom. The Labute approximate surface area is 87.7 Å². The summed E-state index contributed by atoms with van der Waals surface area (Å²) in [7, 11) is 1.74. The average molecular weight is 217 g/mol. The predicted octanol–water partition coefficient (Wildman–Crippen LogP) is 2.72. The first kappa shape index (κ1) is 11.0. The molecule has 0 aliphatic rings. The summed E-state index contributed by atoms with van der Waals surface area (Å²) in [6, 6.07) is 0. The van der Waals surface area contributed by atoms with Crippen LogP contribution in [-0.4, -0.2) is 24.5 Å². The molecule has 0 radical (unpaired) electrons. The summed E-state index contributed by atoms with van der Waals surface area (Å²) in [5.41, 5.74) is 1.14. The molecule has 13 heavy (non-hydrogen) atoms. The molecule has 0 fully saturated rings. The highest BCUT2D eigenvalue weighted by Crippen LogP contribution is 2.16. The molecule has 2 nitrogen and oxygen atoms in total. The quantitative estimate of drug-likeness (QED) is 0.684. The molecule has 0 unspecified atom stereocenters. The number of aromatic nitrogens is 1. The first-order valence-electron chi connectivity index (χ1n) is 4.30. The van der Waals surface area contributed by atoms with Crippen LogP contribution in [-0.2, 0) is 10.5 Å². The molecule has 0 N–H and O–H groups in total. The summed E-state index contributed by atoms with van der Waals surface area (Å²) in [6.07, 6.45) is 1.13. The number of thioether (sulfide) groups is 1. The van der Waals surface area contributed by atoms with E-state index in [2.05, 4.69) is 10.4 Å². The van der Waals surface area contributed by atoms with E-state index in [0.29, 0.717) is 0 Å². The van der Waals surface area contributed by atoms with Crippen LogP contribution in [0.15, 0.2) is 5.38 Å². The van der Waals surface area contributed by atoms with Gasteiger partial charge in [0.05, 0.1) is 0 Å². The number of hydrogen-bond donors (Lipinski definition) is 0. The van der Waals surface area contributed by atoms with Crippen LogP contribution < -0.4 is 0 Å². The third kappa shape index (κ3) is 4.64. The molecule has 0 bridgehead atoms. The Kier molecular flexibility index (Phi) is 5.43. The number of aryl methyl sites for hydroxylation is 1. The fourth-order valence-corrected chi connectivity index (χ4v) is 2.72. The van der Waals surface area contributed by atoms with Crippen molar-refractivity contribution in [1.29, 1.82) is 0 Å². The number of methoxy groups -OCH3 is 1. The Morgan fingerprint density at radius 2 is 2.46 bits per heavy atom. The Hall–Kier alpha value is -0.0600. The van der Waals surface area contributed by atoms with E-state index in [4.69, 9.17) is 4.74 Å². The van der Waals surface area contributed by atoms with E-state index < -0.39 is 0 Å². The second-order valence-corrected chi connectivity index (χ2v) is 4.83. The van der Waals surface area contributed by atoms with E-state index in [-0.39, 0.29) is 0 Å². The van der Waals surface area contributed by atoms with Gasteiger partial charge in [0.1, 0.15) is 5.01 Å². The molecule has 1 aromatic heterocycles. The van der Waals surface area contributed by atoms with Gasteiger partial charge in [-0.15, -0.1) is 11.3 Å². The van der Waals surface area contributed by atoms with Crippen LogP contribution >= 0.6 is 23.1 Å². The monoisotopic (exact) mass is 217 g/mol. The van der Waals surface area contributed by atoms with Crippen LogP contribution in [0.25, 0.3) is 0 Å². The smallest absolute Gasteiger partial charge is 0.103 e. The van der Waals surface area contributed by atoms with Gasteiger partial charge < -0.3 is 4.74 Å². The summed E-state index contributed by atoms with van der Waals surface area (Å²) in [5, 5.41) is 3.34. The first-order chi connectivity index (χ1) is 6.33. The minimum atomic E-state index is 0.865. The van der Waals surface area contributed by atoms with Gasteiger partial charge in [-0.2, -0.15) is 11.8 Å². The average Bonchev–Trinajstić information content (AvgIpc) is 2.51. The maximum atomic E-state index is 4.97. The summed E-state index contributed by atoms with van der Waals surface area (Å²) >= 11 is 3.68. The van der Waals surface area contributed by atoms with Gasteiger partial charge in [-0.05, 0) is 19.1 Å². The van der Waals surface area contributed by atoms with Crippen molar-refractivity contribution < 1.29 is 4.74 Å². The summed E-state index contributed by atoms with van der Waals surface area (Å²) < 4.78 is 4.97. The zero-order valence-corrected chi connectivity index (χ0v) is 9.71. The number of nitrogens with zero attached hydrogens (tertiary/aromatic N) is 1. The van der Waals surface area contributed by atoms with Crippen molar-refractivity contribution in [3.05, 3.63) is 16.1 Å². The SMILES string of the molecule is COCCCSCc1nc(C)cs1. The van der Waals surface area contributed by atoms with E-state index in [1.165, 1.54) is 5.01 Å². The standard InChI is InChI=1S/C9H15NOS2/c1-8-6-13-9(10-8)7-12-5-3-4-11-2/h6H,3-5,7H2,1-2H3. The number of thiazole rings is 1. The number of ether oxygens (including phenoxy) is 1. The largest absolute Gasteiger partial charge is 0.385 e. The number of rotatable bonds is 6. The van der Waals surface area contributed by atoms with Crippen molar-refractivity contribution in [3.8, 4) is 0 Å². The van der Waals surface area contributed by atoms with Crippen molar-refractivity contribution in [2.24, 2.45) is 0 Å². The summed E-state index contributed by atoms with van der Waals surface area (Å²) in [6.45, 7) is 2.90. The van der Waals surface area contributed by atoms with Gasteiger partial charge in [-0.25, -0.2) is 4.98 Å². The Balaban J connectivity index is 2.06. The number of hydrogen-bond acceptors (Lipinski definition) is 4. The fourth-order valence-electron chi connectivity index (χ4n) is 0.934. The molecule has 0 aromatic carbocycles. The Bertz CT molecular complexity index is 237. The van der Waals surface area contributed by atoms with Gasteiger partial charge in [0, 0.05) is 30.5 Å². The van der Waals surface area contributed by atoms with Crippen LogP contribution in [0.1, 0.15) is 17.1 Å². The maximum absolute atomic E-state index is 4.97. The van der Waals surface area contributed by atoms with Crippen molar-refractivity contribution in [2.45, 2.75) is 19.1 Å². The van der Waals surface area contributed by atoms with Crippen molar-refractivity contribution >= 4 is 23.1 Å². The molecule has 0 saturated heterocycles. The van der Waals surface area contributed by atoms with Gasteiger partial charge in [0.2, 0.25) is 0 Å². The molecule has 0 atom stereocenters. The van der Waals surface area contributed by atoms with E-state index in [0.717, 1.165) is 30.2 Å². The first-order valence-corrected chi connectivity index (χ1v) is 6.34. The normalized spacial score (nSPS) is 10.6. The molecular formula is C9H15NOS2. The minimum Gasteiger partial charge on any atom is -0.385 e. The molecule has 0 aliphatic heterocycles. The third-order valence-corrected chi connectivity index (χ3v) is 3.73. The lowest BCUT2D eigenvalue weighted by Gasteiger charge is -1.98. The van der Waals surface area contributed by atoms with Crippen LogP contribution in [0.4, 0.5) is 0 Å². The summed E-state index contributed by atoms with van der Waals surface area (Å²) in [5.74, 6) is 2.20. The highest BCUT2D eigenvalue weighted by Gasteiger charge is 1.97. The van der Waals surface area contributed by atoms with Crippen molar-refractivity contribution in [2.75, 3.05) is 19.5 Å². The molecule has 0 amide bonds.